The van der Waals surface area contributed by atoms with Crippen LogP contribution in [0, 0.1) is 0 Å². The van der Waals surface area contributed by atoms with Gasteiger partial charge in [-0.25, -0.2) is 0 Å². The zero-order valence-electron chi connectivity index (χ0n) is 12.7. The molecule has 0 saturated carbocycles. The molecule has 0 amide bonds. The molecule has 16 heavy (non-hydrogen) atoms. The van der Waals surface area contributed by atoms with Crippen molar-refractivity contribution in [3.8, 4) is 0 Å². The molecule has 0 N–H and O–H groups in total. The fourth-order valence-corrected chi connectivity index (χ4v) is 8.45. The van der Waals surface area contributed by atoms with Crippen molar-refractivity contribution in [3.05, 3.63) is 0 Å². The van der Waals surface area contributed by atoms with Gasteiger partial charge in [0.05, 0.1) is 8.80 Å². The molecule has 1 unspecified atom stereocenters. The van der Waals surface area contributed by atoms with Crippen LogP contribution in [0.3, 0.4) is 0 Å². The first-order valence-electron chi connectivity index (χ1n) is 6.95. The van der Waals surface area contributed by atoms with Gasteiger partial charge in [0.15, 0.2) is 8.32 Å². The lowest BCUT2D eigenvalue weighted by molar-refractivity contribution is 0.125. The largest absolute Gasteiger partial charge is 0.415 e. The predicted octanol–water partition coefficient (Wildman–Crippen LogP) is 4.59. The molecule has 0 radical (unpaired) electrons. The molecule has 0 aromatic rings. The number of rotatable bonds is 7. The maximum Gasteiger partial charge on any atom is 0.189 e. The van der Waals surface area contributed by atoms with Crippen LogP contribution < -0.4 is 0 Å². The number of hydrogen-bond donors (Lipinski definition) is 0. The van der Waals surface area contributed by atoms with Crippen molar-refractivity contribution in [3.63, 3.8) is 0 Å². The van der Waals surface area contributed by atoms with E-state index in [2.05, 4.69) is 53.9 Å². The van der Waals surface area contributed by atoms with Gasteiger partial charge in [0.25, 0.3) is 0 Å². The zero-order chi connectivity index (χ0) is 13.0. The molecule has 0 aromatic heterocycles. The van der Waals surface area contributed by atoms with Crippen molar-refractivity contribution in [2.75, 3.05) is 0 Å². The lowest BCUT2D eigenvalue weighted by Gasteiger charge is -2.44. The van der Waals surface area contributed by atoms with E-state index in [0.29, 0.717) is 0 Å². The van der Waals surface area contributed by atoms with E-state index in [4.69, 9.17) is 4.43 Å². The van der Waals surface area contributed by atoms with Gasteiger partial charge >= 0.3 is 0 Å². The molecular weight excluding hydrogens is 228 g/mol. The van der Waals surface area contributed by atoms with E-state index in [9.17, 15) is 0 Å². The summed E-state index contributed by atoms with van der Waals surface area (Å²) in [4.78, 5) is 0. The summed E-state index contributed by atoms with van der Waals surface area (Å²) in [6, 6.07) is 0. The van der Waals surface area contributed by atoms with Crippen molar-refractivity contribution in [1.82, 2.24) is 0 Å². The minimum Gasteiger partial charge on any atom is -0.415 e. The van der Waals surface area contributed by atoms with E-state index in [1.807, 2.05) is 0 Å². The summed E-state index contributed by atoms with van der Waals surface area (Å²) in [5, 5.41) is 0.249. The molecule has 1 nitrogen and oxygen atoms in total. The Hall–Kier alpha value is 0.394. The van der Waals surface area contributed by atoms with Gasteiger partial charge in [-0.3, -0.25) is 0 Å². The molecule has 1 atom stereocenters. The Morgan fingerprint density at radius 2 is 1.56 bits per heavy atom. The summed E-state index contributed by atoms with van der Waals surface area (Å²) in [5.41, 5.74) is 0.762. The maximum absolute atomic E-state index is 6.74. The lowest BCUT2D eigenvalue weighted by atomic mass is 10.2. The highest BCUT2D eigenvalue weighted by Crippen LogP contribution is 2.34. The Bertz CT molecular complexity index is 198. The molecule has 0 aliphatic rings. The second-order valence-corrected chi connectivity index (χ2v) is 13.7. The average Bonchev–Trinajstić information content (AvgIpc) is 2.24. The third-order valence-corrected chi connectivity index (χ3v) is 11.5. The van der Waals surface area contributed by atoms with Gasteiger partial charge in [-0.1, -0.05) is 47.2 Å². The van der Waals surface area contributed by atoms with Crippen LogP contribution in [0.1, 0.15) is 47.0 Å². The second kappa shape index (κ2) is 6.36. The van der Waals surface area contributed by atoms with Gasteiger partial charge in [0, 0.05) is 5.22 Å². The predicted molar refractivity (Wildman–Crippen MR) is 80.5 cm³/mol. The van der Waals surface area contributed by atoms with E-state index >= 15 is 0 Å². The fraction of sp³-hybridized carbons (Fsp3) is 1.00. The summed E-state index contributed by atoms with van der Waals surface area (Å²) in [5.74, 6) is 0. The first-order valence-corrected chi connectivity index (χ1v) is 12.8. The summed E-state index contributed by atoms with van der Waals surface area (Å²) in [7, 11) is -2.27. The van der Waals surface area contributed by atoms with Crippen molar-refractivity contribution in [2.24, 2.45) is 0 Å². The highest BCUT2D eigenvalue weighted by atomic mass is 28.4. The van der Waals surface area contributed by atoms with Crippen LogP contribution in [-0.2, 0) is 4.43 Å². The van der Waals surface area contributed by atoms with Crippen LogP contribution in [-0.4, -0.2) is 22.3 Å². The Labute approximate surface area is 106 Å². The molecule has 0 spiro atoms. The second-order valence-electron chi connectivity index (χ2n) is 5.94. The quantitative estimate of drug-likeness (QED) is 0.608. The number of hydrogen-bond acceptors (Lipinski definition) is 1. The van der Waals surface area contributed by atoms with E-state index < -0.39 is 17.1 Å². The standard InChI is InChI=1S/C13H32OSi2/c1-9-12(4)16(7,8)14-13(10-2,11-3)15(5)6/h12,15H,9-11H2,1-8H3. The average molecular weight is 261 g/mol. The molecule has 98 valence electrons. The minimum atomic E-state index is -1.51. The Morgan fingerprint density at radius 3 is 1.81 bits per heavy atom. The van der Waals surface area contributed by atoms with Crippen molar-refractivity contribution >= 4 is 17.1 Å². The van der Waals surface area contributed by atoms with Crippen LogP contribution in [0.25, 0.3) is 0 Å². The Kier molecular flexibility index (Phi) is 6.52. The Morgan fingerprint density at radius 1 is 1.12 bits per heavy atom. The lowest BCUT2D eigenvalue weighted by Crippen LogP contribution is -2.52. The van der Waals surface area contributed by atoms with Gasteiger partial charge in [0.2, 0.25) is 0 Å². The molecule has 0 aromatic carbocycles. The summed E-state index contributed by atoms with van der Waals surface area (Å²) in [6.45, 7) is 18.9. The van der Waals surface area contributed by atoms with Crippen LogP contribution >= 0.6 is 0 Å². The Balaban J connectivity index is 4.88. The third kappa shape index (κ3) is 3.71. The third-order valence-electron chi connectivity index (χ3n) is 4.51. The van der Waals surface area contributed by atoms with Crippen molar-refractivity contribution < 1.29 is 4.43 Å². The van der Waals surface area contributed by atoms with Gasteiger partial charge < -0.3 is 4.43 Å². The maximum atomic E-state index is 6.74. The summed E-state index contributed by atoms with van der Waals surface area (Å²) in [6.07, 6.45) is 3.64. The van der Waals surface area contributed by atoms with E-state index in [-0.39, 0.29) is 5.22 Å². The molecule has 3 heteroatoms. The van der Waals surface area contributed by atoms with E-state index in [1.54, 1.807) is 0 Å². The highest BCUT2D eigenvalue weighted by molar-refractivity contribution is 6.74. The van der Waals surface area contributed by atoms with Crippen LogP contribution in [0.2, 0.25) is 31.7 Å². The normalized spacial score (nSPS) is 15.6. The van der Waals surface area contributed by atoms with Gasteiger partial charge in [-0.2, -0.15) is 0 Å². The van der Waals surface area contributed by atoms with E-state index in [0.717, 1.165) is 5.54 Å². The monoisotopic (exact) mass is 260 g/mol. The van der Waals surface area contributed by atoms with Gasteiger partial charge in [0.1, 0.15) is 0 Å². The molecule has 0 heterocycles. The molecule has 0 bridgehead atoms. The highest BCUT2D eigenvalue weighted by Gasteiger charge is 2.40. The molecule has 0 saturated heterocycles. The van der Waals surface area contributed by atoms with E-state index in [1.165, 1.54) is 19.3 Å². The van der Waals surface area contributed by atoms with Crippen molar-refractivity contribution in [2.45, 2.75) is 83.9 Å². The molecule has 0 rings (SSSR count). The van der Waals surface area contributed by atoms with Gasteiger partial charge in [-0.05, 0) is 31.5 Å². The summed E-state index contributed by atoms with van der Waals surface area (Å²) >= 11 is 0. The van der Waals surface area contributed by atoms with Gasteiger partial charge in [-0.15, -0.1) is 0 Å². The summed E-state index contributed by atoms with van der Waals surface area (Å²) < 4.78 is 6.74. The van der Waals surface area contributed by atoms with Crippen LogP contribution in [0.5, 0.6) is 0 Å². The smallest absolute Gasteiger partial charge is 0.189 e. The fourth-order valence-electron chi connectivity index (χ4n) is 2.44. The first kappa shape index (κ1) is 16.4. The zero-order valence-corrected chi connectivity index (χ0v) is 14.8. The molecule has 0 aliphatic carbocycles. The van der Waals surface area contributed by atoms with Crippen LogP contribution in [0.15, 0.2) is 0 Å². The molecule has 0 aliphatic heterocycles. The van der Waals surface area contributed by atoms with Crippen LogP contribution in [0.4, 0.5) is 0 Å². The molecule has 0 fully saturated rings. The molecular formula is C13H32OSi2. The first-order chi connectivity index (χ1) is 7.25. The minimum absolute atomic E-state index is 0.249. The van der Waals surface area contributed by atoms with Crippen molar-refractivity contribution in [1.29, 1.82) is 0 Å². The topological polar surface area (TPSA) is 9.23 Å². The SMILES string of the molecule is CCC(C)[Si](C)(C)OC(CC)(CC)[SiH](C)C.